The highest BCUT2D eigenvalue weighted by atomic mass is 16.1. The molecule has 0 spiro atoms. The van der Waals surface area contributed by atoms with Crippen molar-refractivity contribution in [1.82, 2.24) is 5.32 Å². The molecule has 0 aromatic carbocycles. The van der Waals surface area contributed by atoms with E-state index in [2.05, 4.69) is 25.2 Å². The minimum atomic E-state index is 0.125. The van der Waals surface area contributed by atoms with Crippen LogP contribution in [0.25, 0.3) is 0 Å². The van der Waals surface area contributed by atoms with Crippen molar-refractivity contribution in [2.24, 2.45) is 11.3 Å². The fraction of sp³-hybridized carbons (Fsp3) is 0.700. The Morgan fingerprint density at radius 2 is 2.33 bits per heavy atom. The average Bonchev–Trinajstić information content (AvgIpc) is 2.04. The summed E-state index contributed by atoms with van der Waals surface area (Å²) in [5.41, 5.74) is 1.42. The molecular weight excluding hydrogens is 150 g/mol. The smallest absolute Gasteiger partial charge is 0.126 e. The van der Waals surface area contributed by atoms with Gasteiger partial charge < -0.3 is 10.1 Å². The van der Waals surface area contributed by atoms with Crippen LogP contribution < -0.4 is 5.32 Å². The molecule has 12 heavy (non-hydrogen) atoms. The second-order valence-corrected chi connectivity index (χ2v) is 4.05. The van der Waals surface area contributed by atoms with E-state index in [4.69, 9.17) is 0 Å². The van der Waals surface area contributed by atoms with Crippen molar-refractivity contribution in [1.29, 1.82) is 0 Å². The molecule has 0 aromatic rings. The first-order valence-corrected chi connectivity index (χ1v) is 4.45. The molecular formula is C10H17NO. The maximum absolute atomic E-state index is 10.6. The van der Waals surface area contributed by atoms with Crippen LogP contribution >= 0.6 is 0 Å². The van der Waals surface area contributed by atoms with E-state index >= 15 is 0 Å². The fourth-order valence-electron chi connectivity index (χ4n) is 1.71. The molecule has 0 fully saturated rings. The summed E-state index contributed by atoms with van der Waals surface area (Å²) < 4.78 is 0. The SMILES string of the molecule is CNC1=CC(C=O)CCC1(C)C. The lowest BCUT2D eigenvalue weighted by Crippen LogP contribution is -2.29. The second kappa shape index (κ2) is 3.30. The van der Waals surface area contributed by atoms with Crippen LogP contribution in [-0.4, -0.2) is 13.3 Å². The normalized spacial score (nSPS) is 27.6. The lowest BCUT2D eigenvalue weighted by Gasteiger charge is -2.33. The largest absolute Gasteiger partial charge is 0.391 e. The molecule has 0 amide bonds. The quantitative estimate of drug-likeness (QED) is 0.634. The third-order valence-corrected chi connectivity index (χ3v) is 2.66. The summed E-state index contributed by atoms with van der Waals surface area (Å²) in [6.07, 6.45) is 5.16. The zero-order valence-electron chi connectivity index (χ0n) is 8.05. The third kappa shape index (κ3) is 1.68. The van der Waals surface area contributed by atoms with Gasteiger partial charge in [-0.1, -0.05) is 19.9 Å². The molecule has 1 aliphatic carbocycles. The van der Waals surface area contributed by atoms with Gasteiger partial charge in [0.2, 0.25) is 0 Å². The van der Waals surface area contributed by atoms with E-state index in [1.54, 1.807) is 0 Å². The van der Waals surface area contributed by atoms with E-state index in [1.165, 1.54) is 5.70 Å². The molecule has 1 aliphatic rings. The number of allylic oxidation sites excluding steroid dienone is 2. The van der Waals surface area contributed by atoms with Gasteiger partial charge in [0, 0.05) is 24.1 Å². The van der Waals surface area contributed by atoms with Gasteiger partial charge in [-0.2, -0.15) is 0 Å². The molecule has 68 valence electrons. The first kappa shape index (κ1) is 9.30. The van der Waals surface area contributed by atoms with Gasteiger partial charge in [0.05, 0.1) is 0 Å². The van der Waals surface area contributed by atoms with Crippen molar-refractivity contribution in [3.63, 3.8) is 0 Å². The molecule has 0 radical (unpaired) electrons. The number of carbonyl (C=O) groups is 1. The molecule has 0 heterocycles. The van der Waals surface area contributed by atoms with Crippen LogP contribution in [0.4, 0.5) is 0 Å². The maximum Gasteiger partial charge on any atom is 0.126 e. The molecule has 0 saturated carbocycles. The number of nitrogens with one attached hydrogen (secondary N) is 1. The van der Waals surface area contributed by atoms with E-state index in [9.17, 15) is 4.79 Å². The van der Waals surface area contributed by atoms with Gasteiger partial charge in [0.15, 0.2) is 0 Å². The van der Waals surface area contributed by atoms with Gasteiger partial charge in [-0.25, -0.2) is 0 Å². The Balaban J connectivity index is 2.84. The molecule has 1 unspecified atom stereocenters. The Labute approximate surface area is 74.0 Å². The maximum atomic E-state index is 10.6. The minimum absolute atomic E-state index is 0.125. The van der Waals surface area contributed by atoms with Crippen molar-refractivity contribution in [3.05, 3.63) is 11.8 Å². The Morgan fingerprint density at radius 1 is 1.67 bits per heavy atom. The van der Waals surface area contributed by atoms with Gasteiger partial charge in [-0.3, -0.25) is 0 Å². The van der Waals surface area contributed by atoms with E-state index in [0.717, 1.165) is 19.1 Å². The Kier molecular flexibility index (Phi) is 2.55. The van der Waals surface area contributed by atoms with Gasteiger partial charge >= 0.3 is 0 Å². The predicted molar refractivity (Wildman–Crippen MR) is 49.7 cm³/mol. The van der Waals surface area contributed by atoms with Crippen LogP contribution in [0.2, 0.25) is 0 Å². The Morgan fingerprint density at radius 3 is 2.83 bits per heavy atom. The lowest BCUT2D eigenvalue weighted by atomic mass is 9.76. The summed E-state index contributed by atoms with van der Waals surface area (Å²) in [6, 6.07) is 0. The molecule has 1 atom stereocenters. The second-order valence-electron chi connectivity index (χ2n) is 4.05. The third-order valence-electron chi connectivity index (χ3n) is 2.66. The van der Waals surface area contributed by atoms with E-state index in [-0.39, 0.29) is 11.3 Å². The first-order chi connectivity index (χ1) is 5.60. The summed E-state index contributed by atoms with van der Waals surface area (Å²) in [6.45, 7) is 4.41. The molecule has 0 saturated heterocycles. The molecule has 1 rings (SSSR count). The molecule has 1 N–H and O–H groups in total. The number of hydrogen-bond donors (Lipinski definition) is 1. The highest BCUT2D eigenvalue weighted by molar-refractivity contribution is 5.57. The summed E-state index contributed by atoms with van der Waals surface area (Å²) in [7, 11) is 1.92. The van der Waals surface area contributed by atoms with Gasteiger partial charge in [-0.15, -0.1) is 0 Å². The summed E-state index contributed by atoms with van der Waals surface area (Å²) in [5.74, 6) is 0.125. The molecule has 2 heteroatoms. The van der Waals surface area contributed by atoms with Gasteiger partial charge in [0.25, 0.3) is 0 Å². The highest BCUT2D eigenvalue weighted by Gasteiger charge is 2.28. The van der Waals surface area contributed by atoms with Crippen LogP contribution in [-0.2, 0) is 4.79 Å². The van der Waals surface area contributed by atoms with Crippen LogP contribution in [0, 0.1) is 11.3 Å². The molecule has 0 bridgehead atoms. The van der Waals surface area contributed by atoms with Crippen LogP contribution in [0.15, 0.2) is 11.8 Å². The monoisotopic (exact) mass is 167 g/mol. The standard InChI is InChI=1S/C10H17NO/c1-10(2)5-4-8(7-12)6-9(10)11-3/h6-8,11H,4-5H2,1-3H3. The van der Waals surface area contributed by atoms with E-state index in [0.29, 0.717) is 0 Å². The van der Waals surface area contributed by atoms with Crippen molar-refractivity contribution in [2.45, 2.75) is 26.7 Å². The highest BCUT2D eigenvalue weighted by Crippen LogP contribution is 2.36. The van der Waals surface area contributed by atoms with Gasteiger partial charge in [-0.05, 0) is 12.8 Å². The summed E-state index contributed by atoms with van der Waals surface area (Å²) >= 11 is 0. The van der Waals surface area contributed by atoms with E-state index < -0.39 is 0 Å². The number of aldehydes is 1. The average molecular weight is 167 g/mol. The Bertz CT molecular complexity index is 206. The molecule has 0 aliphatic heterocycles. The molecule has 0 aromatic heterocycles. The summed E-state index contributed by atoms with van der Waals surface area (Å²) in [5, 5.41) is 3.16. The van der Waals surface area contributed by atoms with Crippen molar-refractivity contribution in [2.75, 3.05) is 7.05 Å². The number of rotatable bonds is 2. The summed E-state index contributed by atoms with van der Waals surface area (Å²) in [4.78, 5) is 10.6. The van der Waals surface area contributed by atoms with Crippen LogP contribution in [0.1, 0.15) is 26.7 Å². The van der Waals surface area contributed by atoms with Gasteiger partial charge in [0.1, 0.15) is 6.29 Å². The number of carbonyl (C=O) groups excluding carboxylic acids is 1. The van der Waals surface area contributed by atoms with E-state index in [1.807, 2.05) is 7.05 Å². The van der Waals surface area contributed by atoms with Crippen molar-refractivity contribution < 1.29 is 4.79 Å². The zero-order chi connectivity index (χ0) is 9.19. The lowest BCUT2D eigenvalue weighted by molar-refractivity contribution is -0.110. The zero-order valence-corrected chi connectivity index (χ0v) is 8.05. The van der Waals surface area contributed by atoms with Crippen molar-refractivity contribution in [3.8, 4) is 0 Å². The minimum Gasteiger partial charge on any atom is -0.391 e. The number of hydrogen-bond acceptors (Lipinski definition) is 2. The Hall–Kier alpha value is -0.790. The topological polar surface area (TPSA) is 29.1 Å². The van der Waals surface area contributed by atoms with Crippen LogP contribution in [0.5, 0.6) is 0 Å². The predicted octanol–water partition coefficient (Wildman–Crippen LogP) is 1.72. The fourth-order valence-corrected chi connectivity index (χ4v) is 1.71. The van der Waals surface area contributed by atoms with Crippen molar-refractivity contribution >= 4 is 6.29 Å². The first-order valence-electron chi connectivity index (χ1n) is 4.45. The van der Waals surface area contributed by atoms with Crippen LogP contribution in [0.3, 0.4) is 0 Å². The molecule has 2 nitrogen and oxygen atoms in total.